The van der Waals surface area contributed by atoms with E-state index in [-0.39, 0.29) is 0 Å². The lowest BCUT2D eigenvalue weighted by molar-refractivity contribution is 0.151. The lowest BCUT2D eigenvalue weighted by Crippen LogP contribution is -2.24. The van der Waals surface area contributed by atoms with Gasteiger partial charge in [0.15, 0.2) is 0 Å². The van der Waals surface area contributed by atoms with Gasteiger partial charge in [0.2, 0.25) is 0 Å². The first-order valence-electron chi connectivity index (χ1n) is 11.8. The molecule has 0 fully saturated rings. The summed E-state index contributed by atoms with van der Waals surface area (Å²) in [7, 11) is 1.68. The van der Waals surface area contributed by atoms with Crippen LogP contribution in [0.25, 0.3) is 0 Å². The summed E-state index contributed by atoms with van der Waals surface area (Å²) < 4.78 is 10.6. The maximum Gasteiger partial charge on any atom is 0.407 e. The van der Waals surface area contributed by atoms with Crippen molar-refractivity contribution in [2.75, 3.05) is 20.3 Å². The predicted octanol–water partition coefficient (Wildman–Crippen LogP) is 6.21. The average Bonchev–Trinajstić information content (AvgIpc) is 2.76. The average molecular weight is 417 g/mol. The highest BCUT2D eigenvalue weighted by Gasteiger charge is 2.18. The fraction of sp³-hybridized carbons (Fsp3) is 0.680. The molecule has 1 aromatic carbocycles. The molecule has 0 bridgehead atoms. The van der Waals surface area contributed by atoms with Crippen molar-refractivity contribution in [3.05, 3.63) is 28.8 Å². The van der Waals surface area contributed by atoms with Crippen LogP contribution in [0.2, 0.25) is 0 Å². The number of fused-ring (bicyclic) bond motifs is 1. The Morgan fingerprint density at radius 1 is 1.03 bits per heavy atom. The van der Waals surface area contributed by atoms with Crippen molar-refractivity contribution >= 4 is 11.8 Å². The smallest absolute Gasteiger partial charge is 0.407 e. The molecule has 0 aromatic heterocycles. The van der Waals surface area contributed by atoms with Crippen molar-refractivity contribution in [2.24, 2.45) is 4.99 Å². The highest BCUT2D eigenvalue weighted by atomic mass is 16.5. The second-order valence-corrected chi connectivity index (χ2v) is 8.05. The second-order valence-electron chi connectivity index (χ2n) is 8.05. The summed E-state index contributed by atoms with van der Waals surface area (Å²) >= 11 is 0. The van der Waals surface area contributed by atoms with Crippen molar-refractivity contribution in [2.45, 2.75) is 91.0 Å². The molecule has 0 saturated carbocycles. The maximum atomic E-state index is 11.6. The molecule has 5 nitrogen and oxygen atoms in total. The molecule has 30 heavy (non-hydrogen) atoms. The number of methoxy groups -OCH3 is 1. The lowest BCUT2D eigenvalue weighted by atomic mass is 9.92. The molecule has 1 amide bonds. The van der Waals surface area contributed by atoms with Crippen LogP contribution in [0.4, 0.5) is 4.79 Å². The first-order chi connectivity index (χ1) is 14.7. The zero-order valence-corrected chi connectivity index (χ0v) is 19.2. The van der Waals surface area contributed by atoms with Crippen LogP contribution >= 0.6 is 0 Å². The van der Waals surface area contributed by atoms with Gasteiger partial charge in [0.25, 0.3) is 0 Å². The Morgan fingerprint density at radius 2 is 1.73 bits per heavy atom. The summed E-state index contributed by atoms with van der Waals surface area (Å²) in [5.74, 6) is 0.798. The minimum absolute atomic E-state index is 0.367. The minimum atomic E-state index is -0.398. The van der Waals surface area contributed by atoms with Gasteiger partial charge in [0.05, 0.1) is 13.7 Å². The van der Waals surface area contributed by atoms with E-state index in [1.807, 2.05) is 0 Å². The Bertz CT molecular complexity index is 685. The van der Waals surface area contributed by atoms with Crippen LogP contribution in [0.3, 0.4) is 0 Å². The number of amides is 1. The Morgan fingerprint density at radius 3 is 2.40 bits per heavy atom. The van der Waals surface area contributed by atoms with Crippen molar-refractivity contribution < 1.29 is 14.3 Å². The number of nitrogens with one attached hydrogen (secondary N) is 1. The van der Waals surface area contributed by atoms with E-state index >= 15 is 0 Å². The van der Waals surface area contributed by atoms with E-state index in [0.29, 0.717) is 13.2 Å². The van der Waals surface area contributed by atoms with Crippen LogP contribution in [0, 0.1) is 0 Å². The molecule has 1 aliphatic heterocycles. The van der Waals surface area contributed by atoms with Crippen LogP contribution in [-0.2, 0) is 17.7 Å². The maximum absolute atomic E-state index is 11.6. The second kappa shape index (κ2) is 14.1. The van der Waals surface area contributed by atoms with E-state index in [9.17, 15) is 4.79 Å². The van der Waals surface area contributed by atoms with E-state index in [4.69, 9.17) is 14.5 Å². The van der Waals surface area contributed by atoms with E-state index in [0.717, 1.165) is 30.7 Å². The van der Waals surface area contributed by atoms with Gasteiger partial charge in [0.1, 0.15) is 5.75 Å². The van der Waals surface area contributed by atoms with Gasteiger partial charge in [-0.2, -0.15) is 0 Å². The molecule has 1 aliphatic rings. The summed E-state index contributed by atoms with van der Waals surface area (Å²) in [6.45, 7) is 5.68. The monoisotopic (exact) mass is 416 g/mol. The molecule has 1 aromatic rings. The van der Waals surface area contributed by atoms with Crippen molar-refractivity contribution in [3.8, 4) is 5.75 Å². The van der Waals surface area contributed by atoms with Gasteiger partial charge >= 0.3 is 6.09 Å². The first-order valence-corrected chi connectivity index (χ1v) is 11.8. The van der Waals surface area contributed by atoms with Crippen LogP contribution in [-0.4, -0.2) is 32.1 Å². The van der Waals surface area contributed by atoms with Crippen LogP contribution in [0.15, 0.2) is 17.1 Å². The van der Waals surface area contributed by atoms with Crippen molar-refractivity contribution in [1.82, 2.24) is 5.32 Å². The molecule has 0 unspecified atom stereocenters. The summed E-state index contributed by atoms with van der Waals surface area (Å²) in [5.41, 5.74) is 4.71. The van der Waals surface area contributed by atoms with E-state index in [1.165, 1.54) is 74.6 Å². The van der Waals surface area contributed by atoms with Gasteiger partial charge in [0, 0.05) is 29.9 Å². The highest BCUT2D eigenvalue weighted by Crippen LogP contribution is 2.28. The van der Waals surface area contributed by atoms with Gasteiger partial charge in [-0.15, -0.1) is 0 Å². The minimum Gasteiger partial charge on any atom is -0.496 e. The summed E-state index contributed by atoms with van der Waals surface area (Å²) in [6.07, 6.45) is 13.6. The number of carbonyl (C=O) groups is 1. The molecular formula is C25H40N2O3. The number of ether oxygens (including phenoxy) is 2. The van der Waals surface area contributed by atoms with E-state index < -0.39 is 6.09 Å². The molecule has 0 radical (unpaired) electrons. The largest absolute Gasteiger partial charge is 0.496 e. The zero-order valence-electron chi connectivity index (χ0n) is 19.2. The Balaban J connectivity index is 1.85. The highest BCUT2D eigenvalue weighted by molar-refractivity contribution is 6.03. The Labute approximate surface area is 182 Å². The Hall–Kier alpha value is -2.04. The fourth-order valence-corrected chi connectivity index (χ4v) is 4.04. The molecule has 0 spiro atoms. The quantitative estimate of drug-likeness (QED) is 0.367. The number of rotatable bonds is 14. The molecule has 1 N–H and O–H groups in total. The van der Waals surface area contributed by atoms with Crippen LogP contribution in [0.1, 0.15) is 94.7 Å². The SMILES string of the molecule is CCCCCCCCCCCC1=NCCc2cc(CNC(=O)OCC)c(OC)cc21. The third kappa shape index (κ3) is 8.00. The number of hydrogen-bond acceptors (Lipinski definition) is 4. The third-order valence-electron chi connectivity index (χ3n) is 5.72. The predicted molar refractivity (Wildman–Crippen MR) is 124 cm³/mol. The van der Waals surface area contributed by atoms with E-state index in [1.54, 1.807) is 14.0 Å². The molecule has 0 atom stereocenters. The topological polar surface area (TPSA) is 59.9 Å². The molecule has 1 heterocycles. The molecule has 5 heteroatoms. The lowest BCUT2D eigenvalue weighted by Gasteiger charge is -2.20. The van der Waals surface area contributed by atoms with Gasteiger partial charge in [-0.1, -0.05) is 58.3 Å². The number of aliphatic imine (C=N–C) groups is 1. The molecule has 168 valence electrons. The van der Waals surface area contributed by atoms with Gasteiger partial charge in [-0.3, -0.25) is 4.99 Å². The fourth-order valence-electron chi connectivity index (χ4n) is 4.04. The number of unbranched alkanes of at least 4 members (excludes halogenated alkanes) is 8. The number of hydrogen-bond donors (Lipinski definition) is 1. The normalized spacial score (nSPS) is 12.8. The molecule has 0 aliphatic carbocycles. The van der Waals surface area contributed by atoms with E-state index in [2.05, 4.69) is 24.4 Å². The van der Waals surface area contributed by atoms with Gasteiger partial charge in [-0.25, -0.2) is 4.79 Å². The summed E-state index contributed by atoms with van der Waals surface area (Å²) in [5, 5.41) is 2.79. The van der Waals surface area contributed by atoms with Crippen molar-refractivity contribution in [3.63, 3.8) is 0 Å². The molecule has 0 saturated heterocycles. The zero-order chi connectivity index (χ0) is 21.6. The summed E-state index contributed by atoms with van der Waals surface area (Å²) in [6, 6.07) is 4.26. The standard InChI is InChI=1S/C25H40N2O3/c1-4-6-7-8-9-10-11-12-13-14-23-22-18-24(29-3)21(17-20(22)15-16-26-23)19-27-25(28)30-5-2/h17-18H,4-16,19H2,1-3H3,(H,27,28). The van der Waals surface area contributed by atoms with Gasteiger partial charge < -0.3 is 14.8 Å². The van der Waals surface area contributed by atoms with Crippen molar-refractivity contribution in [1.29, 1.82) is 0 Å². The molecule has 2 rings (SSSR count). The summed E-state index contributed by atoms with van der Waals surface area (Å²) in [4.78, 5) is 16.4. The first kappa shape index (κ1) is 24.2. The van der Waals surface area contributed by atoms with Gasteiger partial charge in [-0.05, 0) is 43.9 Å². The number of benzene rings is 1. The number of carbonyl (C=O) groups excluding carboxylic acids is 1. The third-order valence-corrected chi connectivity index (χ3v) is 5.72. The Kier molecular flexibility index (Phi) is 11.3. The van der Waals surface area contributed by atoms with Crippen LogP contribution in [0.5, 0.6) is 5.75 Å². The molecular weight excluding hydrogens is 376 g/mol. The number of alkyl carbamates (subject to hydrolysis) is 1. The van der Waals surface area contributed by atoms with Crippen LogP contribution < -0.4 is 10.1 Å². The number of nitrogens with zero attached hydrogens (tertiary/aromatic N) is 1.